The van der Waals surface area contributed by atoms with Crippen LogP contribution in [0.25, 0.3) is 0 Å². The lowest BCUT2D eigenvalue weighted by atomic mass is 10.0. The molecule has 0 fully saturated rings. The van der Waals surface area contributed by atoms with E-state index in [0.717, 1.165) is 5.56 Å². The van der Waals surface area contributed by atoms with E-state index in [9.17, 15) is 34.2 Å². The van der Waals surface area contributed by atoms with Crippen LogP contribution in [0.3, 0.4) is 0 Å². The molecule has 1 rings (SSSR count). The molecule has 0 aliphatic carbocycles. The molecule has 0 unspecified atom stereocenters. The van der Waals surface area contributed by atoms with E-state index in [-0.39, 0.29) is 25.2 Å². The molecule has 38 heavy (non-hydrogen) atoms. The Morgan fingerprint density at radius 3 is 2.11 bits per heavy atom. The normalized spacial score (nSPS) is 14.1. The summed E-state index contributed by atoms with van der Waals surface area (Å²) in [4.78, 5) is 62.0. The molecule has 0 aromatic heterocycles. The van der Waals surface area contributed by atoms with Gasteiger partial charge in [0.25, 0.3) is 0 Å². The van der Waals surface area contributed by atoms with Crippen molar-refractivity contribution in [2.75, 3.05) is 25.2 Å². The number of hydrogen-bond acceptors (Lipinski definition) is 8. The number of carboxylic acids is 1. The van der Waals surface area contributed by atoms with Crippen LogP contribution in [0.5, 0.6) is 0 Å². The molecule has 0 heterocycles. The van der Waals surface area contributed by atoms with Crippen molar-refractivity contribution >= 4 is 41.4 Å². The van der Waals surface area contributed by atoms with E-state index in [4.69, 9.17) is 5.73 Å². The minimum Gasteiger partial charge on any atom is -0.480 e. The van der Waals surface area contributed by atoms with Gasteiger partial charge in [0.15, 0.2) is 0 Å². The topological polar surface area (TPSA) is 200 Å². The molecule has 12 nitrogen and oxygen atoms in total. The van der Waals surface area contributed by atoms with Gasteiger partial charge in [-0.3, -0.25) is 19.2 Å². The summed E-state index contributed by atoms with van der Waals surface area (Å²) in [7, 11) is 0. The van der Waals surface area contributed by atoms with Gasteiger partial charge in [-0.1, -0.05) is 44.2 Å². The number of nitrogens with one attached hydrogen (secondary N) is 4. The van der Waals surface area contributed by atoms with Gasteiger partial charge in [0.2, 0.25) is 23.6 Å². The summed E-state index contributed by atoms with van der Waals surface area (Å²) in [5, 5.41) is 28.5. The van der Waals surface area contributed by atoms with Gasteiger partial charge in [-0.15, -0.1) is 0 Å². The maximum Gasteiger partial charge on any atom is 0.326 e. The number of aliphatic hydroxyl groups excluding tert-OH is 1. The number of carbonyl (C=O) groups is 5. The van der Waals surface area contributed by atoms with E-state index < -0.39 is 66.9 Å². The number of thioether (sulfide) groups is 1. The highest BCUT2D eigenvalue weighted by molar-refractivity contribution is 7.98. The predicted molar refractivity (Wildman–Crippen MR) is 144 cm³/mol. The lowest BCUT2D eigenvalue weighted by molar-refractivity contribution is -0.141. The van der Waals surface area contributed by atoms with Crippen molar-refractivity contribution in [3.63, 3.8) is 0 Å². The first-order valence-electron chi connectivity index (χ1n) is 12.3. The van der Waals surface area contributed by atoms with Gasteiger partial charge in [-0.2, -0.15) is 11.8 Å². The minimum atomic E-state index is -1.22. The van der Waals surface area contributed by atoms with E-state index in [0.29, 0.717) is 5.75 Å². The third kappa shape index (κ3) is 12.4. The molecule has 0 radical (unpaired) electrons. The second-order valence-electron chi connectivity index (χ2n) is 9.19. The first-order chi connectivity index (χ1) is 18.0. The number of aliphatic carboxylic acids is 1. The highest BCUT2D eigenvalue weighted by Gasteiger charge is 2.29. The molecule has 0 saturated carbocycles. The molecular formula is C25H39N5O7S. The average Bonchev–Trinajstić information content (AvgIpc) is 2.88. The molecule has 1 aromatic rings. The van der Waals surface area contributed by atoms with Crippen molar-refractivity contribution in [2.24, 2.45) is 11.7 Å². The molecule has 1 aromatic carbocycles. The van der Waals surface area contributed by atoms with E-state index >= 15 is 0 Å². The Balaban J connectivity index is 2.92. The fourth-order valence-electron chi connectivity index (χ4n) is 3.43. The first kappa shape index (κ1) is 32.9. The predicted octanol–water partition coefficient (Wildman–Crippen LogP) is -0.997. The van der Waals surface area contributed by atoms with Crippen LogP contribution in [0.2, 0.25) is 0 Å². The molecule has 0 saturated heterocycles. The Bertz CT molecular complexity index is 932. The van der Waals surface area contributed by atoms with Gasteiger partial charge in [0, 0.05) is 6.42 Å². The summed E-state index contributed by atoms with van der Waals surface area (Å²) in [6, 6.07) is 4.51. The standard InChI is InChI=1S/C25H39N5O7S/c1-15(2)11-19(23(34)27-13-21(32)28-18(25(36)37)9-10-38-3)30-24(35)20(29-22(33)17(26)14-31)12-16-7-5-4-6-8-16/h4-8,15,17-20,31H,9-14,26H2,1-3H3,(H,27,34)(H,28,32)(H,29,33)(H,30,35)(H,36,37)/t17-,18-,19-,20-/m0/s1. The number of rotatable bonds is 17. The number of nitrogens with two attached hydrogens (primary N) is 1. The van der Waals surface area contributed by atoms with Crippen molar-refractivity contribution in [2.45, 2.75) is 57.3 Å². The molecule has 0 bridgehead atoms. The average molecular weight is 554 g/mol. The second-order valence-corrected chi connectivity index (χ2v) is 10.2. The lowest BCUT2D eigenvalue weighted by Gasteiger charge is -2.25. The van der Waals surface area contributed by atoms with Crippen molar-refractivity contribution in [3.05, 3.63) is 35.9 Å². The van der Waals surface area contributed by atoms with Crippen molar-refractivity contribution in [3.8, 4) is 0 Å². The van der Waals surface area contributed by atoms with Gasteiger partial charge in [-0.05, 0) is 36.3 Å². The Labute approximate surface area is 226 Å². The van der Waals surface area contributed by atoms with Crippen LogP contribution in [-0.4, -0.2) is 89.1 Å². The minimum absolute atomic E-state index is 0.00668. The molecule has 0 spiro atoms. The summed E-state index contributed by atoms with van der Waals surface area (Å²) in [5.41, 5.74) is 6.34. The first-order valence-corrected chi connectivity index (χ1v) is 13.7. The maximum absolute atomic E-state index is 13.2. The van der Waals surface area contributed by atoms with Crippen LogP contribution in [0.4, 0.5) is 0 Å². The zero-order valence-electron chi connectivity index (χ0n) is 21.9. The van der Waals surface area contributed by atoms with Gasteiger partial charge >= 0.3 is 5.97 Å². The third-order valence-electron chi connectivity index (χ3n) is 5.46. The number of carboxylic acid groups (broad SMARTS) is 1. The molecule has 4 amide bonds. The van der Waals surface area contributed by atoms with Gasteiger partial charge in [0.05, 0.1) is 13.2 Å². The fourth-order valence-corrected chi connectivity index (χ4v) is 3.90. The van der Waals surface area contributed by atoms with E-state index in [2.05, 4.69) is 21.3 Å². The molecule has 0 aliphatic heterocycles. The number of benzene rings is 1. The van der Waals surface area contributed by atoms with Crippen LogP contribution in [0.15, 0.2) is 30.3 Å². The van der Waals surface area contributed by atoms with Crippen molar-refractivity contribution in [1.82, 2.24) is 21.3 Å². The Morgan fingerprint density at radius 1 is 0.921 bits per heavy atom. The molecular weight excluding hydrogens is 514 g/mol. The SMILES string of the molecule is CSCC[C@H](NC(=O)CNC(=O)[C@H](CC(C)C)NC(=O)[C@H](Cc1ccccc1)NC(=O)[C@@H](N)CO)C(=O)O. The monoisotopic (exact) mass is 553 g/mol. The summed E-state index contributed by atoms with van der Waals surface area (Å²) in [6.07, 6.45) is 2.41. The smallest absolute Gasteiger partial charge is 0.326 e. The van der Waals surface area contributed by atoms with Gasteiger partial charge < -0.3 is 37.2 Å². The van der Waals surface area contributed by atoms with Gasteiger partial charge in [0.1, 0.15) is 24.2 Å². The number of carbonyl (C=O) groups excluding carboxylic acids is 4. The fraction of sp³-hybridized carbons (Fsp3) is 0.560. The van der Waals surface area contributed by atoms with Crippen LogP contribution in [-0.2, 0) is 30.4 Å². The Hall–Kier alpha value is -3.16. The van der Waals surface area contributed by atoms with Crippen LogP contribution >= 0.6 is 11.8 Å². The molecule has 0 aliphatic rings. The number of amides is 4. The summed E-state index contributed by atoms with van der Waals surface area (Å²) in [5.74, 6) is -3.30. The van der Waals surface area contributed by atoms with E-state index in [1.54, 1.807) is 30.3 Å². The Morgan fingerprint density at radius 2 is 1.55 bits per heavy atom. The molecule has 8 N–H and O–H groups in total. The summed E-state index contributed by atoms with van der Waals surface area (Å²) in [6.45, 7) is 2.63. The maximum atomic E-state index is 13.2. The zero-order chi connectivity index (χ0) is 28.7. The highest BCUT2D eigenvalue weighted by Crippen LogP contribution is 2.08. The van der Waals surface area contributed by atoms with E-state index in [1.165, 1.54) is 11.8 Å². The largest absolute Gasteiger partial charge is 0.480 e. The second kappa shape index (κ2) is 17.4. The highest BCUT2D eigenvalue weighted by atomic mass is 32.2. The summed E-state index contributed by atoms with van der Waals surface area (Å²) >= 11 is 1.45. The number of aliphatic hydroxyl groups is 1. The molecule has 13 heteroatoms. The molecule has 4 atom stereocenters. The van der Waals surface area contributed by atoms with Crippen molar-refractivity contribution in [1.29, 1.82) is 0 Å². The van der Waals surface area contributed by atoms with E-state index in [1.807, 2.05) is 20.1 Å². The summed E-state index contributed by atoms with van der Waals surface area (Å²) < 4.78 is 0. The zero-order valence-corrected chi connectivity index (χ0v) is 22.8. The third-order valence-corrected chi connectivity index (χ3v) is 6.10. The van der Waals surface area contributed by atoms with Gasteiger partial charge in [-0.25, -0.2) is 4.79 Å². The van der Waals surface area contributed by atoms with Crippen LogP contribution in [0.1, 0.15) is 32.3 Å². The lowest BCUT2D eigenvalue weighted by Crippen LogP contribution is -2.57. The molecule has 212 valence electrons. The van der Waals surface area contributed by atoms with Crippen LogP contribution < -0.4 is 27.0 Å². The Kier molecular flexibility index (Phi) is 15.0. The quantitative estimate of drug-likeness (QED) is 0.126. The number of hydrogen-bond donors (Lipinski definition) is 7. The van der Waals surface area contributed by atoms with Crippen LogP contribution in [0, 0.1) is 5.92 Å². The van der Waals surface area contributed by atoms with Crippen molar-refractivity contribution < 1.29 is 34.2 Å².